The van der Waals surface area contributed by atoms with Crippen LogP contribution < -0.4 is 16.4 Å². The van der Waals surface area contributed by atoms with Crippen molar-refractivity contribution < 1.29 is 23.9 Å². The van der Waals surface area contributed by atoms with Gasteiger partial charge in [0.2, 0.25) is 17.7 Å². The highest BCUT2D eigenvalue weighted by Gasteiger charge is 2.42. The van der Waals surface area contributed by atoms with Gasteiger partial charge in [-0.25, -0.2) is 4.79 Å². The van der Waals surface area contributed by atoms with Crippen LogP contribution in [0.1, 0.15) is 102 Å². The lowest BCUT2D eigenvalue weighted by Gasteiger charge is -2.44. The molecule has 1 aliphatic rings. The summed E-state index contributed by atoms with van der Waals surface area (Å²) in [7, 11) is 0. The highest BCUT2D eigenvalue weighted by atomic mass is 16.6. The number of carbonyl (C=O) groups excluding carboxylic acids is 4. The zero-order chi connectivity index (χ0) is 28.5. The first kappa shape index (κ1) is 31.1. The summed E-state index contributed by atoms with van der Waals surface area (Å²) >= 11 is 0. The number of hydrogen-bond donors (Lipinski definition) is 3. The Morgan fingerprint density at radius 2 is 1.82 bits per heavy atom. The second kappa shape index (κ2) is 14.2. The van der Waals surface area contributed by atoms with Gasteiger partial charge in [0.1, 0.15) is 17.7 Å². The number of benzene rings is 1. The van der Waals surface area contributed by atoms with E-state index in [1.807, 2.05) is 32.0 Å². The molecule has 0 radical (unpaired) electrons. The fourth-order valence-corrected chi connectivity index (χ4v) is 4.59. The van der Waals surface area contributed by atoms with Crippen LogP contribution in [0, 0.1) is 13.8 Å². The van der Waals surface area contributed by atoms with Gasteiger partial charge in [-0.2, -0.15) is 0 Å². The molecule has 38 heavy (non-hydrogen) atoms. The summed E-state index contributed by atoms with van der Waals surface area (Å²) in [4.78, 5) is 53.8. The van der Waals surface area contributed by atoms with Gasteiger partial charge in [0.05, 0.1) is 0 Å². The van der Waals surface area contributed by atoms with E-state index in [2.05, 4.69) is 17.6 Å². The van der Waals surface area contributed by atoms with E-state index < -0.39 is 35.6 Å². The van der Waals surface area contributed by atoms with Crippen molar-refractivity contribution in [2.45, 2.75) is 117 Å². The van der Waals surface area contributed by atoms with Crippen LogP contribution >= 0.6 is 0 Å². The Balaban J connectivity index is 2.48. The van der Waals surface area contributed by atoms with Gasteiger partial charge in [0, 0.05) is 19.0 Å². The molecule has 2 atom stereocenters. The molecule has 0 aromatic heterocycles. The molecule has 1 saturated carbocycles. The summed E-state index contributed by atoms with van der Waals surface area (Å²) in [5, 5.41) is 5.69. The molecule has 1 fully saturated rings. The zero-order valence-corrected chi connectivity index (χ0v) is 23.9. The maximum Gasteiger partial charge on any atom is 0.408 e. The molecule has 1 aromatic rings. The maximum absolute atomic E-state index is 14.2. The van der Waals surface area contributed by atoms with Crippen LogP contribution in [-0.4, -0.2) is 52.9 Å². The van der Waals surface area contributed by atoms with Crippen LogP contribution in [0.25, 0.3) is 0 Å². The minimum Gasteiger partial charge on any atom is -0.444 e. The van der Waals surface area contributed by atoms with Gasteiger partial charge in [-0.3, -0.25) is 14.4 Å². The lowest BCUT2D eigenvalue weighted by atomic mass is 9.87. The van der Waals surface area contributed by atoms with Gasteiger partial charge >= 0.3 is 6.09 Å². The minimum absolute atomic E-state index is 0.00828. The van der Waals surface area contributed by atoms with Crippen molar-refractivity contribution in [3.05, 3.63) is 34.9 Å². The number of rotatable bonds is 13. The molecule has 0 aliphatic heterocycles. The summed E-state index contributed by atoms with van der Waals surface area (Å²) in [6.45, 7) is 11.7. The number of nitrogens with one attached hydrogen (secondary N) is 2. The van der Waals surface area contributed by atoms with Crippen molar-refractivity contribution in [1.29, 1.82) is 0 Å². The highest BCUT2D eigenvalue weighted by Crippen LogP contribution is 2.35. The number of carbonyl (C=O) groups is 4. The van der Waals surface area contributed by atoms with E-state index in [-0.39, 0.29) is 24.8 Å². The lowest BCUT2D eigenvalue weighted by Crippen LogP contribution is -2.57. The summed E-state index contributed by atoms with van der Waals surface area (Å²) in [5.41, 5.74) is 7.33. The van der Waals surface area contributed by atoms with E-state index in [9.17, 15) is 19.2 Å². The topological polar surface area (TPSA) is 131 Å². The van der Waals surface area contributed by atoms with E-state index in [1.54, 1.807) is 25.7 Å². The molecule has 0 bridgehead atoms. The van der Waals surface area contributed by atoms with Gasteiger partial charge < -0.3 is 26.0 Å². The average molecular weight is 531 g/mol. The number of primary amides is 1. The number of nitrogens with zero attached hydrogens (tertiary/aromatic N) is 1. The standard InChI is InChI=1S/C29H46N4O5/c1-7-8-9-17-31-26(35)25(22-14-13-19(2)18-20(22)3)33(21-11-10-12-21)27(36)23(15-16-24(30)34)32-28(37)38-29(4,5)6/h13-14,18,21,23,25H,7-12,15-17H2,1-6H3,(H2,30,34)(H,31,35)(H,32,37). The summed E-state index contributed by atoms with van der Waals surface area (Å²) in [6.07, 6.45) is 4.47. The maximum atomic E-state index is 14.2. The van der Waals surface area contributed by atoms with Crippen LogP contribution in [0.4, 0.5) is 4.79 Å². The lowest BCUT2D eigenvalue weighted by molar-refractivity contribution is -0.147. The van der Waals surface area contributed by atoms with Gasteiger partial charge in [-0.1, -0.05) is 43.5 Å². The monoisotopic (exact) mass is 530 g/mol. The molecule has 1 aliphatic carbocycles. The Kier molecular flexibility index (Phi) is 11.6. The smallest absolute Gasteiger partial charge is 0.408 e. The predicted octanol–water partition coefficient (Wildman–Crippen LogP) is 4.19. The fraction of sp³-hybridized carbons (Fsp3) is 0.655. The SMILES string of the molecule is CCCCCNC(=O)C(c1ccc(C)cc1C)N(C(=O)C(CCC(N)=O)NC(=O)OC(C)(C)C)C1CCC1. The van der Waals surface area contributed by atoms with Gasteiger partial charge in [0.25, 0.3) is 0 Å². The van der Waals surface area contributed by atoms with Crippen LogP contribution in [0.3, 0.4) is 0 Å². The van der Waals surface area contributed by atoms with E-state index >= 15 is 0 Å². The zero-order valence-electron chi connectivity index (χ0n) is 23.9. The molecule has 0 spiro atoms. The fourth-order valence-electron chi connectivity index (χ4n) is 4.59. The van der Waals surface area contributed by atoms with Crippen LogP contribution in [0.5, 0.6) is 0 Å². The molecule has 9 heteroatoms. The Bertz CT molecular complexity index is 984. The number of amides is 4. The first-order valence-electron chi connectivity index (χ1n) is 13.8. The Morgan fingerprint density at radius 3 is 2.34 bits per heavy atom. The molecule has 0 heterocycles. The van der Waals surface area contributed by atoms with E-state index in [0.29, 0.717) is 6.54 Å². The number of ether oxygens (including phenoxy) is 1. The van der Waals surface area contributed by atoms with E-state index in [1.165, 1.54) is 0 Å². The second-order valence-electron chi connectivity index (χ2n) is 11.3. The van der Waals surface area contributed by atoms with Crippen molar-refractivity contribution in [2.24, 2.45) is 5.73 Å². The predicted molar refractivity (Wildman–Crippen MR) is 147 cm³/mol. The third kappa shape index (κ3) is 9.33. The number of aryl methyl sites for hydroxylation is 2. The molecular weight excluding hydrogens is 484 g/mol. The first-order chi connectivity index (χ1) is 17.8. The molecular formula is C29H46N4O5. The minimum atomic E-state index is -1.07. The molecule has 1 aromatic carbocycles. The van der Waals surface area contributed by atoms with Crippen LogP contribution in [0.2, 0.25) is 0 Å². The highest BCUT2D eigenvalue weighted by molar-refractivity contribution is 5.93. The number of alkyl carbamates (subject to hydrolysis) is 1. The Morgan fingerprint density at radius 1 is 1.13 bits per heavy atom. The largest absolute Gasteiger partial charge is 0.444 e. The second-order valence-corrected chi connectivity index (χ2v) is 11.3. The van der Waals surface area contributed by atoms with E-state index in [0.717, 1.165) is 55.2 Å². The first-order valence-corrected chi connectivity index (χ1v) is 13.8. The molecule has 212 valence electrons. The van der Waals surface area contributed by atoms with Crippen molar-refractivity contribution in [3.8, 4) is 0 Å². The summed E-state index contributed by atoms with van der Waals surface area (Å²) < 4.78 is 5.39. The molecule has 4 N–H and O–H groups in total. The average Bonchev–Trinajstić information content (AvgIpc) is 2.77. The van der Waals surface area contributed by atoms with E-state index in [4.69, 9.17) is 10.5 Å². The van der Waals surface area contributed by atoms with Crippen molar-refractivity contribution in [3.63, 3.8) is 0 Å². The van der Waals surface area contributed by atoms with Crippen LogP contribution in [0.15, 0.2) is 18.2 Å². The Hall–Kier alpha value is -3.10. The molecule has 0 saturated heterocycles. The number of unbranched alkanes of at least 4 members (excludes halogenated alkanes) is 2. The third-order valence-corrected chi connectivity index (χ3v) is 6.72. The van der Waals surface area contributed by atoms with Crippen molar-refractivity contribution in [2.75, 3.05) is 6.54 Å². The van der Waals surface area contributed by atoms with Crippen molar-refractivity contribution in [1.82, 2.24) is 15.5 Å². The van der Waals surface area contributed by atoms with Gasteiger partial charge in [-0.05, 0) is 77.8 Å². The van der Waals surface area contributed by atoms with Gasteiger partial charge in [0.15, 0.2) is 0 Å². The Labute approximate surface area is 227 Å². The quantitative estimate of drug-likeness (QED) is 0.329. The molecule has 4 amide bonds. The molecule has 2 unspecified atom stereocenters. The van der Waals surface area contributed by atoms with Crippen LogP contribution in [-0.2, 0) is 19.1 Å². The molecule has 9 nitrogen and oxygen atoms in total. The number of nitrogens with two attached hydrogens (primary N) is 1. The molecule has 2 rings (SSSR count). The summed E-state index contributed by atoms with van der Waals surface area (Å²) in [6, 6.07) is 3.74. The third-order valence-electron chi connectivity index (χ3n) is 6.72. The summed E-state index contributed by atoms with van der Waals surface area (Å²) in [5.74, 6) is -1.25. The van der Waals surface area contributed by atoms with Crippen molar-refractivity contribution >= 4 is 23.8 Å². The number of hydrogen-bond acceptors (Lipinski definition) is 5. The van der Waals surface area contributed by atoms with Gasteiger partial charge in [-0.15, -0.1) is 0 Å². The normalized spacial score (nSPS) is 15.1.